The normalized spacial score (nSPS) is 19.7. The van der Waals surface area contributed by atoms with Crippen LogP contribution in [0.4, 0.5) is 0 Å². The average molecular weight is 446 g/mol. The highest BCUT2D eigenvalue weighted by Gasteiger charge is 2.16. The molecule has 116 valence electrons. The molecule has 0 aromatic heterocycles. The molecule has 0 aliphatic carbocycles. The average Bonchev–Trinajstić information content (AvgIpc) is 2.31. The van der Waals surface area contributed by atoms with Gasteiger partial charge in [0.2, 0.25) is 0 Å². The lowest BCUT2D eigenvalue weighted by molar-refractivity contribution is 0.0975. The topological polar surface area (TPSA) is 77.4 Å². The summed E-state index contributed by atoms with van der Waals surface area (Å²) < 4.78 is 20.3. The minimum Gasteiger partial charge on any atom is -0.328 e. The number of halogens is 2. The molecule has 0 radical (unpaired) electrons. The van der Waals surface area contributed by atoms with E-state index in [0.29, 0.717) is 13.2 Å². The number of hydrogen-bond acceptors (Lipinski definition) is 6. The Hall–Kier alpha value is 1.58. The van der Waals surface area contributed by atoms with Crippen molar-refractivity contribution in [3.8, 4) is 0 Å². The highest BCUT2D eigenvalue weighted by molar-refractivity contribution is 9.09. The summed E-state index contributed by atoms with van der Waals surface area (Å²) in [5.74, 6) is 0. The third-order valence-electron chi connectivity index (χ3n) is 1.52. The molecule has 0 rings (SSSR count). The van der Waals surface area contributed by atoms with Crippen LogP contribution in [0.3, 0.4) is 0 Å². The smallest absolute Gasteiger partial charge is 0.328 e. The van der Waals surface area contributed by atoms with E-state index in [0.717, 1.165) is 0 Å². The monoisotopic (exact) mass is 444 g/mol. The van der Waals surface area contributed by atoms with Crippen LogP contribution in [0.1, 0.15) is 20.8 Å². The first-order valence-corrected chi connectivity index (χ1v) is 9.72. The molecule has 0 aliphatic rings. The molecule has 5 unspecified atom stereocenters. The van der Waals surface area contributed by atoms with Gasteiger partial charge in [0.05, 0.1) is 25.9 Å². The van der Waals surface area contributed by atoms with E-state index in [-0.39, 0.29) is 16.3 Å². The van der Waals surface area contributed by atoms with Crippen molar-refractivity contribution in [2.75, 3.05) is 19.8 Å². The van der Waals surface area contributed by atoms with Gasteiger partial charge >= 0.3 is 17.2 Å². The van der Waals surface area contributed by atoms with E-state index in [2.05, 4.69) is 31.9 Å². The highest BCUT2D eigenvalue weighted by Crippen LogP contribution is 2.37. The SMILES string of the molecule is CC(Br)COP(O)OCC(C)OP(O)OCC(C)Br. The van der Waals surface area contributed by atoms with Crippen LogP contribution in [0.2, 0.25) is 0 Å². The molecule has 0 aromatic carbocycles. The van der Waals surface area contributed by atoms with Crippen LogP contribution >= 0.6 is 49.1 Å². The van der Waals surface area contributed by atoms with Gasteiger partial charge in [-0.25, -0.2) is 0 Å². The van der Waals surface area contributed by atoms with Gasteiger partial charge in [-0.1, -0.05) is 45.7 Å². The van der Waals surface area contributed by atoms with Crippen molar-refractivity contribution in [2.24, 2.45) is 0 Å². The van der Waals surface area contributed by atoms with Crippen LogP contribution in [0, 0.1) is 0 Å². The maximum Gasteiger partial charge on any atom is 0.330 e. The summed E-state index contributed by atoms with van der Waals surface area (Å²) in [7, 11) is -3.86. The van der Waals surface area contributed by atoms with Gasteiger partial charge < -0.3 is 27.9 Å². The summed E-state index contributed by atoms with van der Waals surface area (Å²) in [4.78, 5) is 19.2. The van der Waals surface area contributed by atoms with Gasteiger partial charge in [-0.2, -0.15) is 0 Å². The fourth-order valence-electron chi connectivity index (χ4n) is 0.754. The zero-order chi connectivity index (χ0) is 14.8. The minimum absolute atomic E-state index is 0.117. The quantitative estimate of drug-likeness (QED) is 0.374. The van der Waals surface area contributed by atoms with Crippen LogP contribution in [-0.4, -0.2) is 45.4 Å². The molecule has 0 aromatic rings. The van der Waals surface area contributed by atoms with Crippen molar-refractivity contribution >= 4 is 49.1 Å². The minimum atomic E-state index is -1.93. The Balaban J connectivity index is 3.64. The van der Waals surface area contributed by atoms with Crippen molar-refractivity contribution < 1.29 is 27.9 Å². The summed E-state index contributed by atoms with van der Waals surface area (Å²) in [6.07, 6.45) is -0.399. The van der Waals surface area contributed by atoms with E-state index in [4.69, 9.17) is 18.1 Å². The first-order chi connectivity index (χ1) is 8.81. The lowest BCUT2D eigenvalue weighted by Gasteiger charge is -2.18. The van der Waals surface area contributed by atoms with Gasteiger partial charge in [0.15, 0.2) is 0 Å². The van der Waals surface area contributed by atoms with Gasteiger partial charge in [-0.3, -0.25) is 0 Å². The Morgan fingerprint density at radius 1 is 0.842 bits per heavy atom. The Morgan fingerprint density at radius 2 is 1.26 bits per heavy atom. The van der Waals surface area contributed by atoms with E-state index in [9.17, 15) is 9.79 Å². The summed E-state index contributed by atoms with van der Waals surface area (Å²) in [6.45, 7) is 6.34. The number of hydrogen-bond donors (Lipinski definition) is 2. The predicted molar refractivity (Wildman–Crippen MR) is 83.5 cm³/mol. The second kappa shape index (κ2) is 12.2. The van der Waals surface area contributed by atoms with Gasteiger partial charge in [-0.15, -0.1) is 0 Å². The fourth-order valence-corrected chi connectivity index (χ4v) is 2.97. The van der Waals surface area contributed by atoms with Crippen LogP contribution in [0.5, 0.6) is 0 Å². The van der Waals surface area contributed by atoms with Crippen molar-refractivity contribution in [1.29, 1.82) is 0 Å². The number of rotatable bonds is 11. The van der Waals surface area contributed by atoms with Gasteiger partial charge in [0.25, 0.3) is 0 Å². The van der Waals surface area contributed by atoms with Crippen molar-refractivity contribution in [3.63, 3.8) is 0 Å². The Bertz CT molecular complexity index is 225. The molecule has 0 bridgehead atoms. The summed E-state index contributed by atoms with van der Waals surface area (Å²) >= 11 is 6.58. The van der Waals surface area contributed by atoms with Crippen molar-refractivity contribution in [3.05, 3.63) is 0 Å². The number of alkyl halides is 2. The largest absolute Gasteiger partial charge is 0.330 e. The van der Waals surface area contributed by atoms with E-state index in [1.165, 1.54) is 0 Å². The molecule has 5 atom stereocenters. The van der Waals surface area contributed by atoms with Crippen molar-refractivity contribution in [2.45, 2.75) is 36.5 Å². The lowest BCUT2D eigenvalue weighted by Crippen LogP contribution is -2.14. The molecule has 10 heteroatoms. The molecule has 0 amide bonds. The lowest BCUT2D eigenvalue weighted by atomic mass is 10.5. The first kappa shape index (κ1) is 20.6. The summed E-state index contributed by atoms with van der Waals surface area (Å²) in [5.41, 5.74) is 0. The maximum absolute atomic E-state index is 9.46. The zero-order valence-electron chi connectivity index (χ0n) is 11.0. The standard InChI is InChI=1S/C9H20Br2O6P2/c1-7(10)4-14-18(12)16-6-9(3)17-19(13)15-5-8(2)11/h7-9,12-13H,4-6H2,1-3H3. The van der Waals surface area contributed by atoms with Crippen molar-refractivity contribution in [1.82, 2.24) is 0 Å². The molecule has 0 saturated heterocycles. The maximum atomic E-state index is 9.46. The van der Waals surface area contributed by atoms with Crippen LogP contribution in [0.25, 0.3) is 0 Å². The molecule has 19 heavy (non-hydrogen) atoms. The van der Waals surface area contributed by atoms with E-state index in [1.54, 1.807) is 6.92 Å². The predicted octanol–water partition coefficient (Wildman–Crippen LogP) is 3.45. The van der Waals surface area contributed by atoms with Crippen LogP contribution in [-0.2, 0) is 18.1 Å². The van der Waals surface area contributed by atoms with Gasteiger partial charge in [-0.05, 0) is 6.92 Å². The molecular weight excluding hydrogens is 426 g/mol. The zero-order valence-corrected chi connectivity index (χ0v) is 16.0. The fraction of sp³-hybridized carbons (Fsp3) is 1.00. The summed E-state index contributed by atoms with van der Waals surface area (Å²) in [6, 6.07) is 0. The van der Waals surface area contributed by atoms with E-state index >= 15 is 0 Å². The Morgan fingerprint density at radius 3 is 1.74 bits per heavy atom. The molecule has 0 aliphatic heterocycles. The molecule has 0 spiro atoms. The first-order valence-electron chi connectivity index (χ1n) is 5.63. The molecule has 0 fully saturated rings. The van der Waals surface area contributed by atoms with Crippen LogP contribution in [0.15, 0.2) is 0 Å². The molecule has 0 heterocycles. The van der Waals surface area contributed by atoms with E-state index < -0.39 is 23.3 Å². The molecular formula is C9H20Br2O6P2. The molecule has 2 N–H and O–H groups in total. The summed E-state index contributed by atoms with van der Waals surface area (Å²) in [5, 5.41) is 0. The van der Waals surface area contributed by atoms with E-state index in [1.807, 2.05) is 13.8 Å². The second-order valence-corrected chi connectivity index (χ2v) is 8.90. The van der Waals surface area contributed by atoms with Gasteiger partial charge in [0.1, 0.15) is 0 Å². The molecule has 6 nitrogen and oxygen atoms in total. The Kier molecular flexibility index (Phi) is 13.2. The third-order valence-corrected chi connectivity index (χ3v) is 3.70. The Labute approximate surface area is 133 Å². The van der Waals surface area contributed by atoms with Crippen LogP contribution < -0.4 is 0 Å². The van der Waals surface area contributed by atoms with Gasteiger partial charge in [0, 0.05) is 9.65 Å². The molecule has 0 saturated carbocycles. The third kappa shape index (κ3) is 14.3. The second-order valence-electron chi connectivity index (χ2n) is 3.84. The highest BCUT2D eigenvalue weighted by atomic mass is 79.9.